The van der Waals surface area contributed by atoms with Gasteiger partial charge in [0.25, 0.3) is 0 Å². The Labute approximate surface area is 214 Å². The number of ether oxygens (including phenoxy) is 1. The smallest absolute Gasteiger partial charge is 0.323 e. The van der Waals surface area contributed by atoms with Crippen molar-refractivity contribution in [3.8, 4) is 6.01 Å². The maximum absolute atomic E-state index is 5.88. The van der Waals surface area contributed by atoms with E-state index in [1.165, 1.54) is 38.5 Å². The lowest BCUT2D eigenvalue weighted by Crippen LogP contribution is -2.63. The van der Waals surface area contributed by atoms with Crippen LogP contribution in [0.2, 0.25) is 0 Å². The standard InChI is InChI=1S/C28H52N6O/c1-7-11-15-16-19-29-24-31-25(33-26(32-24)35-20-14-10-4)30-23-21-27(5,17-12-8-2)34-28(6,22-23)18-13-9-3/h7,23,34H,1,8-22H2,2-6H3,(H2,29,30,31,32,33). The summed E-state index contributed by atoms with van der Waals surface area (Å²) in [5.41, 5.74) is 0.211. The molecule has 0 amide bonds. The maximum atomic E-state index is 5.88. The summed E-state index contributed by atoms with van der Waals surface area (Å²) in [5.74, 6) is 1.20. The van der Waals surface area contributed by atoms with Gasteiger partial charge in [-0.3, -0.25) is 0 Å². The number of rotatable bonds is 18. The third kappa shape index (κ3) is 10.7. The second-order valence-electron chi connectivity index (χ2n) is 10.9. The van der Waals surface area contributed by atoms with Gasteiger partial charge in [-0.05, 0) is 65.2 Å². The molecule has 7 nitrogen and oxygen atoms in total. The summed E-state index contributed by atoms with van der Waals surface area (Å²) in [6, 6.07) is 0.701. The molecule has 2 unspecified atom stereocenters. The van der Waals surface area contributed by atoms with E-state index in [4.69, 9.17) is 9.72 Å². The van der Waals surface area contributed by atoms with Crippen LogP contribution in [0.4, 0.5) is 11.9 Å². The van der Waals surface area contributed by atoms with Gasteiger partial charge in [-0.2, -0.15) is 15.0 Å². The Morgan fingerprint density at radius 1 is 0.914 bits per heavy atom. The molecule has 1 aliphatic rings. The normalized spacial score (nSPS) is 24.2. The van der Waals surface area contributed by atoms with Crippen LogP contribution in [0, 0.1) is 0 Å². The predicted octanol–water partition coefficient (Wildman–Crippen LogP) is 6.88. The number of hydrogen-bond donors (Lipinski definition) is 3. The van der Waals surface area contributed by atoms with Crippen LogP contribution in [0.25, 0.3) is 0 Å². The van der Waals surface area contributed by atoms with Crippen LogP contribution in [0.5, 0.6) is 6.01 Å². The summed E-state index contributed by atoms with van der Waals surface area (Å²) in [4.78, 5) is 13.9. The quantitative estimate of drug-likeness (QED) is 0.153. The molecule has 0 aliphatic carbocycles. The molecular weight excluding hydrogens is 436 g/mol. The van der Waals surface area contributed by atoms with Crippen LogP contribution in [-0.2, 0) is 0 Å². The molecule has 7 heteroatoms. The zero-order valence-electron chi connectivity index (χ0n) is 23.2. The van der Waals surface area contributed by atoms with Crippen molar-refractivity contribution < 1.29 is 4.74 Å². The molecule has 1 aromatic rings. The minimum absolute atomic E-state index is 0.105. The summed E-state index contributed by atoms with van der Waals surface area (Å²) < 4.78 is 5.88. The van der Waals surface area contributed by atoms with Gasteiger partial charge in [-0.25, -0.2) is 0 Å². The fourth-order valence-corrected chi connectivity index (χ4v) is 5.22. The van der Waals surface area contributed by atoms with Gasteiger partial charge < -0.3 is 20.7 Å². The first-order chi connectivity index (χ1) is 16.8. The fourth-order valence-electron chi connectivity index (χ4n) is 5.22. The van der Waals surface area contributed by atoms with Crippen molar-refractivity contribution in [3.05, 3.63) is 12.7 Å². The van der Waals surface area contributed by atoms with Crippen molar-refractivity contribution >= 4 is 11.9 Å². The van der Waals surface area contributed by atoms with E-state index in [0.717, 1.165) is 51.5 Å². The Morgan fingerprint density at radius 2 is 1.54 bits per heavy atom. The third-order valence-electron chi connectivity index (χ3n) is 6.96. The van der Waals surface area contributed by atoms with E-state index >= 15 is 0 Å². The summed E-state index contributed by atoms with van der Waals surface area (Å²) in [7, 11) is 0. The first kappa shape index (κ1) is 29.3. The third-order valence-corrected chi connectivity index (χ3v) is 6.96. The second-order valence-corrected chi connectivity index (χ2v) is 10.9. The SMILES string of the molecule is C=CCCCCNc1nc(NC2CC(C)(CCCC)NC(C)(CCCC)C2)nc(OCCCC)n1. The predicted molar refractivity (Wildman–Crippen MR) is 148 cm³/mol. The molecule has 2 atom stereocenters. The highest BCUT2D eigenvalue weighted by molar-refractivity contribution is 5.37. The van der Waals surface area contributed by atoms with E-state index in [1.807, 2.05) is 6.08 Å². The number of hydrogen-bond acceptors (Lipinski definition) is 7. The molecular formula is C28H52N6O. The van der Waals surface area contributed by atoms with Gasteiger partial charge in [0.05, 0.1) is 6.61 Å². The Balaban J connectivity index is 2.18. The Kier molecular flexibility index (Phi) is 12.8. The van der Waals surface area contributed by atoms with Gasteiger partial charge in [0, 0.05) is 23.7 Å². The van der Waals surface area contributed by atoms with Crippen LogP contribution >= 0.6 is 0 Å². The molecule has 2 heterocycles. The van der Waals surface area contributed by atoms with Crippen molar-refractivity contribution in [3.63, 3.8) is 0 Å². The molecule has 0 bridgehead atoms. The van der Waals surface area contributed by atoms with Crippen LogP contribution in [-0.4, -0.2) is 45.2 Å². The summed E-state index contributed by atoms with van der Waals surface area (Å²) in [5, 5.41) is 11.1. The van der Waals surface area contributed by atoms with E-state index in [9.17, 15) is 0 Å². The molecule has 0 saturated carbocycles. The highest BCUT2D eigenvalue weighted by Gasteiger charge is 2.42. The first-order valence-corrected chi connectivity index (χ1v) is 14.1. The first-order valence-electron chi connectivity index (χ1n) is 14.1. The number of nitrogens with one attached hydrogen (secondary N) is 3. The highest BCUT2D eigenvalue weighted by atomic mass is 16.5. The molecule has 1 fully saturated rings. The summed E-state index contributed by atoms with van der Waals surface area (Å²) >= 11 is 0. The Morgan fingerprint density at radius 3 is 2.14 bits per heavy atom. The number of nitrogens with zero attached hydrogens (tertiary/aromatic N) is 3. The number of piperidine rings is 1. The van der Waals surface area contributed by atoms with Crippen molar-refractivity contribution in [2.75, 3.05) is 23.8 Å². The summed E-state index contributed by atoms with van der Waals surface area (Å²) in [6.07, 6.45) is 16.6. The molecule has 1 saturated heterocycles. The van der Waals surface area contributed by atoms with Gasteiger partial charge in [0.2, 0.25) is 11.9 Å². The van der Waals surface area contributed by atoms with Crippen LogP contribution < -0.4 is 20.7 Å². The zero-order chi connectivity index (χ0) is 25.6. The van der Waals surface area contributed by atoms with Crippen LogP contribution in [0.15, 0.2) is 12.7 Å². The fraction of sp³-hybridized carbons (Fsp3) is 0.821. The van der Waals surface area contributed by atoms with Gasteiger partial charge in [-0.15, -0.1) is 6.58 Å². The van der Waals surface area contributed by atoms with Gasteiger partial charge in [0.15, 0.2) is 0 Å². The number of anilines is 2. The lowest BCUT2D eigenvalue weighted by Gasteiger charge is -2.50. The topological polar surface area (TPSA) is 84.0 Å². The average molecular weight is 489 g/mol. The van der Waals surface area contributed by atoms with Crippen molar-refractivity contribution in [1.82, 2.24) is 20.3 Å². The van der Waals surface area contributed by atoms with Crippen molar-refractivity contribution in [2.24, 2.45) is 0 Å². The van der Waals surface area contributed by atoms with Crippen LogP contribution in [0.3, 0.4) is 0 Å². The minimum Gasteiger partial charge on any atom is -0.463 e. The molecule has 0 spiro atoms. The largest absolute Gasteiger partial charge is 0.463 e. The van der Waals surface area contributed by atoms with Gasteiger partial charge in [-0.1, -0.05) is 59.0 Å². The number of aromatic nitrogens is 3. The lowest BCUT2D eigenvalue weighted by molar-refractivity contribution is 0.123. The highest BCUT2D eigenvalue weighted by Crippen LogP contribution is 2.36. The lowest BCUT2D eigenvalue weighted by atomic mass is 9.74. The molecule has 3 N–H and O–H groups in total. The maximum Gasteiger partial charge on any atom is 0.323 e. The van der Waals surface area contributed by atoms with Gasteiger partial charge in [0.1, 0.15) is 0 Å². The number of unbranched alkanes of at least 4 members (excludes halogenated alkanes) is 5. The Bertz CT molecular complexity index is 722. The minimum atomic E-state index is 0.105. The van der Waals surface area contributed by atoms with Crippen molar-refractivity contribution in [2.45, 2.75) is 135 Å². The van der Waals surface area contributed by atoms with E-state index in [2.05, 4.69) is 67.1 Å². The van der Waals surface area contributed by atoms with E-state index in [-0.39, 0.29) is 11.1 Å². The summed E-state index contributed by atoms with van der Waals surface area (Å²) in [6.45, 7) is 16.7. The Hall–Kier alpha value is -1.89. The van der Waals surface area contributed by atoms with E-state index in [1.54, 1.807) is 0 Å². The monoisotopic (exact) mass is 488 g/mol. The molecule has 200 valence electrons. The second kappa shape index (κ2) is 15.3. The molecule has 2 rings (SSSR count). The average Bonchev–Trinajstić information content (AvgIpc) is 2.81. The molecule has 1 aliphatic heterocycles. The van der Waals surface area contributed by atoms with E-state index in [0.29, 0.717) is 30.6 Å². The van der Waals surface area contributed by atoms with E-state index < -0.39 is 0 Å². The number of allylic oxidation sites excluding steroid dienone is 1. The molecule has 35 heavy (non-hydrogen) atoms. The zero-order valence-corrected chi connectivity index (χ0v) is 23.2. The van der Waals surface area contributed by atoms with Crippen molar-refractivity contribution in [1.29, 1.82) is 0 Å². The molecule has 1 aromatic heterocycles. The molecule has 0 radical (unpaired) electrons. The molecule has 0 aromatic carbocycles. The van der Waals surface area contributed by atoms with Crippen LogP contribution in [0.1, 0.15) is 118 Å². The van der Waals surface area contributed by atoms with Gasteiger partial charge >= 0.3 is 6.01 Å².